The molecule has 2 N–H and O–H groups in total. The van der Waals surface area contributed by atoms with Crippen molar-refractivity contribution in [3.05, 3.63) is 58.3 Å². The number of nitrogens with zero attached hydrogens (tertiary/aromatic N) is 3. The standard InChI is InChI=1S/C21H21Cl2N5O2S2/c1-3-28-18(11-19(29)24-14-7-8-16(22)17(23)10-14)26-27-21(28)32-12-20(30)25-13-5-4-6-15(9-13)31-2/h4-10H,3,11-12H2,1-2H3,(H,24,29)(H,25,30). The van der Waals surface area contributed by atoms with Crippen molar-refractivity contribution < 1.29 is 9.59 Å². The van der Waals surface area contributed by atoms with Gasteiger partial charge in [-0.15, -0.1) is 22.0 Å². The first-order valence-corrected chi connectivity index (χ1v) is 12.6. The van der Waals surface area contributed by atoms with E-state index < -0.39 is 0 Å². The number of halogens is 2. The fourth-order valence-corrected chi connectivity index (χ4v) is 4.40. The Morgan fingerprint density at radius 1 is 1.00 bits per heavy atom. The predicted octanol–water partition coefficient (Wildman–Crippen LogP) is 5.24. The molecule has 0 aliphatic rings. The Hall–Kier alpha value is -2.20. The second-order valence-corrected chi connectivity index (χ2v) is 9.20. The molecule has 0 fully saturated rings. The first-order valence-electron chi connectivity index (χ1n) is 9.63. The minimum atomic E-state index is -0.256. The lowest BCUT2D eigenvalue weighted by atomic mass is 10.3. The van der Waals surface area contributed by atoms with Gasteiger partial charge in [0, 0.05) is 22.8 Å². The molecule has 0 saturated heterocycles. The number of amides is 2. The molecule has 32 heavy (non-hydrogen) atoms. The van der Waals surface area contributed by atoms with Gasteiger partial charge in [0.05, 0.1) is 22.2 Å². The molecule has 2 amide bonds. The third kappa shape index (κ3) is 6.65. The summed E-state index contributed by atoms with van der Waals surface area (Å²) in [7, 11) is 0. The number of rotatable bonds is 9. The highest BCUT2D eigenvalue weighted by atomic mass is 35.5. The smallest absolute Gasteiger partial charge is 0.234 e. The fourth-order valence-electron chi connectivity index (χ4n) is 2.82. The van der Waals surface area contributed by atoms with Crippen molar-refractivity contribution in [1.29, 1.82) is 0 Å². The number of hydrogen-bond acceptors (Lipinski definition) is 6. The Labute approximate surface area is 204 Å². The number of benzene rings is 2. The molecular formula is C21H21Cl2N5O2S2. The van der Waals surface area contributed by atoms with E-state index in [1.807, 2.05) is 42.0 Å². The molecule has 3 rings (SSSR count). The van der Waals surface area contributed by atoms with Gasteiger partial charge in [-0.25, -0.2) is 0 Å². The molecule has 168 valence electrons. The van der Waals surface area contributed by atoms with Crippen molar-refractivity contribution >= 4 is 69.9 Å². The van der Waals surface area contributed by atoms with Gasteiger partial charge < -0.3 is 15.2 Å². The summed E-state index contributed by atoms with van der Waals surface area (Å²) >= 11 is 14.8. The molecule has 0 atom stereocenters. The predicted molar refractivity (Wildman–Crippen MR) is 132 cm³/mol. The van der Waals surface area contributed by atoms with Crippen LogP contribution in [0, 0.1) is 0 Å². The van der Waals surface area contributed by atoms with Crippen LogP contribution in [0.1, 0.15) is 12.7 Å². The summed E-state index contributed by atoms with van der Waals surface area (Å²) in [6.07, 6.45) is 2.02. The van der Waals surface area contributed by atoms with Crippen molar-refractivity contribution in [2.24, 2.45) is 0 Å². The molecule has 0 saturated carbocycles. The van der Waals surface area contributed by atoms with Gasteiger partial charge in [0.2, 0.25) is 11.8 Å². The largest absolute Gasteiger partial charge is 0.326 e. The summed E-state index contributed by atoms with van der Waals surface area (Å²) in [5.41, 5.74) is 1.29. The Balaban J connectivity index is 1.58. The van der Waals surface area contributed by atoms with Gasteiger partial charge in [-0.3, -0.25) is 9.59 Å². The van der Waals surface area contributed by atoms with E-state index in [0.717, 1.165) is 10.6 Å². The lowest BCUT2D eigenvalue weighted by Crippen LogP contribution is -2.18. The van der Waals surface area contributed by atoms with Crippen molar-refractivity contribution in [3.63, 3.8) is 0 Å². The van der Waals surface area contributed by atoms with Crippen LogP contribution in [-0.4, -0.2) is 38.6 Å². The summed E-state index contributed by atoms with van der Waals surface area (Å²) < 4.78 is 1.82. The zero-order valence-electron chi connectivity index (χ0n) is 17.4. The zero-order chi connectivity index (χ0) is 23.1. The highest BCUT2D eigenvalue weighted by molar-refractivity contribution is 7.99. The summed E-state index contributed by atoms with van der Waals surface area (Å²) in [6, 6.07) is 12.5. The van der Waals surface area contributed by atoms with Gasteiger partial charge in [-0.1, -0.05) is 41.0 Å². The van der Waals surface area contributed by atoms with E-state index in [-0.39, 0.29) is 24.0 Å². The molecule has 1 aromatic heterocycles. The van der Waals surface area contributed by atoms with E-state index in [1.165, 1.54) is 11.8 Å². The van der Waals surface area contributed by atoms with Crippen LogP contribution in [0.15, 0.2) is 52.5 Å². The first kappa shape index (κ1) is 24.4. The van der Waals surface area contributed by atoms with Crippen LogP contribution < -0.4 is 10.6 Å². The quantitative estimate of drug-likeness (QED) is 0.383. The number of hydrogen-bond donors (Lipinski definition) is 2. The fraction of sp³-hybridized carbons (Fsp3) is 0.238. The molecule has 0 unspecified atom stereocenters. The lowest BCUT2D eigenvalue weighted by Gasteiger charge is -2.09. The molecule has 0 aliphatic carbocycles. The van der Waals surface area contributed by atoms with Crippen LogP contribution in [-0.2, 0) is 22.6 Å². The van der Waals surface area contributed by atoms with Gasteiger partial charge in [0.15, 0.2) is 5.16 Å². The number of thioether (sulfide) groups is 2. The summed E-state index contributed by atoms with van der Waals surface area (Å²) in [6.45, 7) is 2.50. The van der Waals surface area contributed by atoms with E-state index >= 15 is 0 Å². The maximum absolute atomic E-state index is 12.4. The summed E-state index contributed by atoms with van der Waals surface area (Å²) in [4.78, 5) is 25.9. The average molecular weight is 510 g/mol. The second kappa shape index (κ2) is 11.6. The van der Waals surface area contributed by atoms with Crippen LogP contribution in [0.2, 0.25) is 10.0 Å². The SMILES string of the molecule is CCn1c(CC(=O)Nc2ccc(Cl)c(Cl)c2)nnc1SCC(=O)Nc1cccc(SC)c1. The normalized spacial score (nSPS) is 10.8. The number of aromatic nitrogens is 3. The van der Waals surface area contributed by atoms with Gasteiger partial charge in [0.25, 0.3) is 0 Å². The number of carbonyl (C=O) groups is 2. The highest BCUT2D eigenvalue weighted by Gasteiger charge is 2.16. The van der Waals surface area contributed by atoms with Gasteiger partial charge >= 0.3 is 0 Å². The number of carbonyl (C=O) groups excluding carboxylic acids is 2. The Morgan fingerprint density at radius 2 is 1.75 bits per heavy atom. The first-order chi connectivity index (χ1) is 15.4. The molecule has 11 heteroatoms. The second-order valence-electron chi connectivity index (χ2n) is 6.57. The molecule has 3 aromatic rings. The molecule has 0 radical (unpaired) electrons. The Morgan fingerprint density at radius 3 is 2.47 bits per heavy atom. The monoisotopic (exact) mass is 509 g/mol. The van der Waals surface area contributed by atoms with E-state index in [0.29, 0.717) is 33.3 Å². The molecule has 1 heterocycles. The topological polar surface area (TPSA) is 88.9 Å². The van der Waals surface area contributed by atoms with Gasteiger partial charge in [-0.2, -0.15) is 0 Å². The third-order valence-electron chi connectivity index (χ3n) is 4.32. The van der Waals surface area contributed by atoms with Crippen molar-refractivity contribution in [1.82, 2.24) is 14.8 Å². The molecular weight excluding hydrogens is 489 g/mol. The minimum absolute atomic E-state index is 0.0370. The van der Waals surface area contributed by atoms with Crippen LogP contribution in [0.5, 0.6) is 0 Å². The van der Waals surface area contributed by atoms with Crippen LogP contribution >= 0.6 is 46.7 Å². The van der Waals surface area contributed by atoms with E-state index in [9.17, 15) is 9.59 Å². The van der Waals surface area contributed by atoms with Crippen LogP contribution in [0.25, 0.3) is 0 Å². The minimum Gasteiger partial charge on any atom is -0.326 e. The summed E-state index contributed by atoms with van der Waals surface area (Å²) in [5, 5.41) is 15.3. The van der Waals surface area contributed by atoms with Gasteiger partial charge in [-0.05, 0) is 49.6 Å². The van der Waals surface area contributed by atoms with E-state index in [2.05, 4.69) is 20.8 Å². The van der Waals surface area contributed by atoms with Crippen LogP contribution in [0.3, 0.4) is 0 Å². The van der Waals surface area contributed by atoms with E-state index in [1.54, 1.807) is 30.0 Å². The average Bonchev–Trinajstić information content (AvgIpc) is 3.16. The number of nitrogens with one attached hydrogen (secondary N) is 2. The lowest BCUT2D eigenvalue weighted by molar-refractivity contribution is -0.116. The van der Waals surface area contributed by atoms with E-state index in [4.69, 9.17) is 23.2 Å². The molecule has 0 spiro atoms. The summed E-state index contributed by atoms with van der Waals surface area (Å²) in [5.74, 6) is 0.295. The molecule has 0 aliphatic heterocycles. The molecule has 0 bridgehead atoms. The van der Waals surface area contributed by atoms with Crippen molar-refractivity contribution in [3.8, 4) is 0 Å². The molecule has 2 aromatic carbocycles. The zero-order valence-corrected chi connectivity index (χ0v) is 20.5. The van der Waals surface area contributed by atoms with Crippen molar-refractivity contribution in [2.75, 3.05) is 22.6 Å². The van der Waals surface area contributed by atoms with Crippen molar-refractivity contribution in [2.45, 2.75) is 29.9 Å². The van der Waals surface area contributed by atoms with Crippen LogP contribution in [0.4, 0.5) is 11.4 Å². The Kier molecular flexibility index (Phi) is 8.86. The third-order valence-corrected chi connectivity index (χ3v) is 6.75. The Bertz CT molecular complexity index is 1120. The highest BCUT2D eigenvalue weighted by Crippen LogP contribution is 2.25. The molecule has 7 nitrogen and oxygen atoms in total. The maximum Gasteiger partial charge on any atom is 0.234 e. The van der Waals surface area contributed by atoms with Gasteiger partial charge in [0.1, 0.15) is 5.82 Å². The maximum atomic E-state index is 12.4. The number of anilines is 2.